The molecule has 130 valence electrons. The molecule has 3 aliphatic heterocycles. The number of nitrogens with zero attached hydrogens (tertiary/aromatic N) is 4. The number of fused-ring (bicyclic) bond motifs is 4. The van der Waals surface area contributed by atoms with Crippen LogP contribution in [-0.2, 0) is 7.05 Å². The second-order valence-corrected chi connectivity index (χ2v) is 8.33. The summed E-state index contributed by atoms with van der Waals surface area (Å²) in [7, 11) is 1.93. The Morgan fingerprint density at radius 2 is 2.12 bits per heavy atom. The molecule has 0 amide bonds. The van der Waals surface area contributed by atoms with E-state index in [1.54, 1.807) is 0 Å². The standard InChI is InChI=1S/C18H21N5OS/c1-10-12(9-19-22(10)2)15-8-13-16(25-15)18(24)21-17(20-13)14-7-11-3-5-23(14)6-4-11/h8-9,11,14H,3-7H2,1-2H3,(H,20,21,24). The van der Waals surface area contributed by atoms with Crippen molar-refractivity contribution in [3.63, 3.8) is 0 Å². The third kappa shape index (κ3) is 2.37. The van der Waals surface area contributed by atoms with Crippen LogP contribution in [0.4, 0.5) is 0 Å². The second kappa shape index (κ2) is 5.51. The smallest absolute Gasteiger partial charge is 0.268 e. The molecule has 0 aromatic carbocycles. The number of aromatic nitrogens is 4. The van der Waals surface area contributed by atoms with E-state index in [0.29, 0.717) is 4.70 Å². The van der Waals surface area contributed by atoms with Gasteiger partial charge in [-0.05, 0) is 51.3 Å². The normalized spacial score (nSPS) is 25.8. The highest BCUT2D eigenvalue weighted by molar-refractivity contribution is 7.22. The van der Waals surface area contributed by atoms with E-state index in [0.717, 1.165) is 52.9 Å². The summed E-state index contributed by atoms with van der Waals surface area (Å²) in [5, 5.41) is 4.31. The van der Waals surface area contributed by atoms with E-state index in [9.17, 15) is 4.79 Å². The molecule has 1 atom stereocenters. The fraction of sp³-hybridized carbons (Fsp3) is 0.500. The van der Waals surface area contributed by atoms with Crippen LogP contribution < -0.4 is 5.56 Å². The van der Waals surface area contributed by atoms with Crippen molar-refractivity contribution in [3.8, 4) is 10.4 Å². The zero-order chi connectivity index (χ0) is 17.1. The number of aromatic amines is 1. The highest BCUT2D eigenvalue weighted by Gasteiger charge is 2.35. The van der Waals surface area contributed by atoms with E-state index in [-0.39, 0.29) is 11.6 Å². The number of H-pyrrole nitrogens is 1. The van der Waals surface area contributed by atoms with Crippen LogP contribution in [0.15, 0.2) is 17.1 Å². The number of rotatable bonds is 2. The lowest BCUT2D eigenvalue weighted by atomic mass is 9.83. The predicted octanol–water partition coefficient (Wildman–Crippen LogP) is 2.85. The first-order chi connectivity index (χ1) is 12.1. The number of aryl methyl sites for hydroxylation is 1. The first-order valence-corrected chi connectivity index (χ1v) is 9.68. The predicted molar refractivity (Wildman–Crippen MR) is 98.8 cm³/mol. The highest BCUT2D eigenvalue weighted by Crippen LogP contribution is 2.40. The summed E-state index contributed by atoms with van der Waals surface area (Å²) in [4.78, 5) is 24.1. The second-order valence-electron chi connectivity index (χ2n) is 7.27. The van der Waals surface area contributed by atoms with Crippen molar-refractivity contribution in [2.24, 2.45) is 13.0 Å². The first-order valence-electron chi connectivity index (χ1n) is 8.87. The Hall–Kier alpha value is -1.99. The molecule has 1 N–H and O–H groups in total. The Balaban J connectivity index is 1.59. The van der Waals surface area contributed by atoms with Crippen molar-refractivity contribution in [2.45, 2.75) is 32.2 Å². The molecule has 3 aromatic heterocycles. The van der Waals surface area contributed by atoms with Gasteiger partial charge in [-0.1, -0.05) is 0 Å². The fourth-order valence-corrected chi connectivity index (χ4v) is 5.29. The van der Waals surface area contributed by atoms with Crippen LogP contribution in [0.3, 0.4) is 0 Å². The number of thiophene rings is 1. The lowest BCUT2D eigenvalue weighted by Gasteiger charge is -2.44. The van der Waals surface area contributed by atoms with Gasteiger partial charge in [0.1, 0.15) is 10.5 Å². The maximum Gasteiger partial charge on any atom is 0.268 e. The van der Waals surface area contributed by atoms with Crippen molar-refractivity contribution in [1.29, 1.82) is 0 Å². The van der Waals surface area contributed by atoms with Crippen LogP contribution in [0.25, 0.3) is 20.7 Å². The van der Waals surface area contributed by atoms with Crippen LogP contribution in [0.1, 0.15) is 36.8 Å². The van der Waals surface area contributed by atoms with Gasteiger partial charge in [0.25, 0.3) is 5.56 Å². The topological polar surface area (TPSA) is 66.8 Å². The Morgan fingerprint density at radius 1 is 1.32 bits per heavy atom. The first kappa shape index (κ1) is 15.3. The Kier molecular flexibility index (Phi) is 3.36. The molecule has 1 unspecified atom stereocenters. The molecule has 25 heavy (non-hydrogen) atoms. The van der Waals surface area contributed by atoms with Crippen molar-refractivity contribution < 1.29 is 0 Å². The van der Waals surface area contributed by atoms with Crippen molar-refractivity contribution >= 4 is 21.6 Å². The molecule has 3 saturated heterocycles. The van der Waals surface area contributed by atoms with E-state index in [1.807, 2.05) is 30.9 Å². The minimum atomic E-state index is -0.0135. The Labute approximate surface area is 149 Å². The van der Waals surface area contributed by atoms with Crippen LogP contribution in [0, 0.1) is 12.8 Å². The summed E-state index contributed by atoms with van der Waals surface area (Å²) >= 11 is 1.50. The van der Waals surface area contributed by atoms with Crippen LogP contribution in [0.2, 0.25) is 0 Å². The van der Waals surface area contributed by atoms with Gasteiger partial charge >= 0.3 is 0 Å². The Morgan fingerprint density at radius 3 is 2.76 bits per heavy atom. The monoisotopic (exact) mass is 355 g/mol. The van der Waals surface area contributed by atoms with Gasteiger partial charge in [-0.3, -0.25) is 14.4 Å². The molecular formula is C18H21N5OS. The molecule has 6 heterocycles. The van der Waals surface area contributed by atoms with Crippen LogP contribution in [-0.4, -0.2) is 37.7 Å². The maximum atomic E-state index is 12.7. The highest BCUT2D eigenvalue weighted by atomic mass is 32.1. The molecule has 3 aliphatic rings. The molecule has 2 bridgehead atoms. The summed E-state index contributed by atoms with van der Waals surface area (Å²) in [5.41, 5.74) is 2.97. The average molecular weight is 355 g/mol. The van der Waals surface area contributed by atoms with E-state index >= 15 is 0 Å². The van der Waals surface area contributed by atoms with Crippen LogP contribution >= 0.6 is 11.3 Å². The van der Waals surface area contributed by atoms with Gasteiger partial charge in [-0.25, -0.2) is 4.98 Å². The third-order valence-corrected chi connectivity index (χ3v) is 7.02. The lowest BCUT2D eigenvalue weighted by molar-refractivity contribution is 0.0445. The molecule has 0 saturated carbocycles. The number of hydrogen-bond donors (Lipinski definition) is 1. The zero-order valence-corrected chi connectivity index (χ0v) is 15.3. The van der Waals surface area contributed by atoms with Gasteiger partial charge in [-0.2, -0.15) is 5.10 Å². The van der Waals surface area contributed by atoms with Crippen molar-refractivity contribution in [2.75, 3.05) is 13.1 Å². The number of piperidine rings is 3. The molecule has 0 aliphatic carbocycles. The molecule has 0 radical (unpaired) electrons. The Bertz CT molecular complexity index is 1010. The van der Waals surface area contributed by atoms with E-state index < -0.39 is 0 Å². The average Bonchev–Trinajstić information content (AvgIpc) is 3.20. The van der Waals surface area contributed by atoms with Crippen molar-refractivity contribution in [1.82, 2.24) is 24.6 Å². The van der Waals surface area contributed by atoms with Gasteiger partial charge in [-0.15, -0.1) is 11.3 Å². The fourth-order valence-electron chi connectivity index (χ4n) is 4.24. The lowest BCUT2D eigenvalue weighted by Crippen LogP contribution is -2.44. The molecule has 0 spiro atoms. The molecule has 6 rings (SSSR count). The third-order valence-electron chi connectivity index (χ3n) is 5.86. The molecule has 6 nitrogen and oxygen atoms in total. The quantitative estimate of drug-likeness (QED) is 0.768. The minimum Gasteiger partial charge on any atom is -0.308 e. The largest absolute Gasteiger partial charge is 0.308 e. The number of nitrogens with one attached hydrogen (secondary N) is 1. The van der Waals surface area contributed by atoms with Gasteiger partial charge in [0.2, 0.25) is 0 Å². The minimum absolute atomic E-state index is 0.0135. The summed E-state index contributed by atoms with van der Waals surface area (Å²) in [6.45, 7) is 4.30. The molecule has 3 aromatic rings. The summed E-state index contributed by atoms with van der Waals surface area (Å²) < 4.78 is 2.56. The zero-order valence-electron chi connectivity index (χ0n) is 14.5. The van der Waals surface area contributed by atoms with E-state index in [1.165, 1.54) is 24.2 Å². The van der Waals surface area contributed by atoms with Gasteiger partial charge in [0.15, 0.2) is 0 Å². The summed E-state index contributed by atoms with van der Waals surface area (Å²) in [6.07, 6.45) is 5.55. The van der Waals surface area contributed by atoms with Gasteiger partial charge < -0.3 is 4.98 Å². The SMILES string of the molecule is Cc1c(-c2cc3nc(C4CC5CCN4CC5)[nH]c(=O)c3s2)cnn1C. The summed E-state index contributed by atoms with van der Waals surface area (Å²) in [6, 6.07) is 2.31. The maximum absolute atomic E-state index is 12.7. The van der Waals surface area contributed by atoms with Gasteiger partial charge in [0, 0.05) is 23.2 Å². The van der Waals surface area contributed by atoms with Crippen LogP contribution in [0.5, 0.6) is 0 Å². The van der Waals surface area contributed by atoms with E-state index in [2.05, 4.69) is 15.0 Å². The van der Waals surface area contributed by atoms with E-state index in [4.69, 9.17) is 4.98 Å². The summed E-state index contributed by atoms with van der Waals surface area (Å²) in [5.74, 6) is 1.63. The van der Waals surface area contributed by atoms with Crippen molar-refractivity contribution in [3.05, 3.63) is 34.1 Å². The molecule has 7 heteroatoms. The number of hydrogen-bond acceptors (Lipinski definition) is 5. The molecule has 3 fully saturated rings. The molecular weight excluding hydrogens is 334 g/mol. The van der Waals surface area contributed by atoms with Gasteiger partial charge in [0.05, 0.1) is 17.8 Å².